The second-order valence-corrected chi connectivity index (χ2v) is 5.51. The van der Waals surface area contributed by atoms with E-state index >= 15 is 0 Å². The highest BCUT2D eigenvalue weighted by molar-refractivity contribution is 9.10. The quantitative estimate of drug-likeness (QED) is 0.893. The second kappa shape index (κ2) is 4.78. The van der Waals surface area contributed by atoms with Crippen LogP contribution >= 0.6 is 15.9 Å². The maximum atomic E-state index is 4.24. The molecule has 1 heterocycles. The maximum Gasteiger partial charge on any atom is 0.125 e. The molecule has 1 aromatic heterocycles. The van der Waals surface area contributed by atoms with E-state index in [0.29, 0.717) is 5.41 Å². The van der Waals surface area contributed by atoms with Crippen LogP contribution in [0.5, 0.6) is 0 Å². The minimum Gasteiger partial charge on any atom is -0.370 e. The van der Waals surface area contributed by atoms with Crippen molar-refractivity contribution in [3.8, 4) is 0 Å². The van der Waals surface area contributed by atoms with Crippen molar-refractivity contribution in [2.75, 3.05) is 11.9 Å². The first-order valence-electron chi connectivity index (χ1n) is 4.83. The van der Waals surface area contributed by atoms with Gasteiger partial charge < -0.3 is 5.32 Å². The lowest BCUT2D eigenvalue weighted by Crippen LogP contribution is -2.13. The fourth-order valence-corrected chi connectivity index (χ4v) is 1.28. The molecule has 0 unspecified atom stereocenters. The molecule has 0 amide bonds. The molecule has 0 aliphatic rings. The fraction of sp³-hybridized carbons (Fsp3) is 0.545. The summed E-state index contributed by atoms with van der Waals surface area (Å²) in [4.78, 5) is 4.24. The number of anilines is 1. The van der Waals surface area contributed by atoms with Gasteiger partial charge in [-0.25, -0.2) is 4.98 Å². The van der Waals surface area contributed by atoms with Crippen molar-refractivity contribution in [2.24, 2.45) is 5.41 Å². The van der Waals surface area contributed by atoms with Gasteiger partial charge in [-0.2, -0.15) is 0 Å². The molecule has 2 nitrogen and oxygen atoms in total. The minimum absolute atomic E-state index is 0.377. The molecule has 0 fully saturated rings. The Balaban J connectivity index is 2.35. The van der Waals surface area contributed by atoms with Gasteiger partial charge in [0.15, 0.2) is 0 Å². The summed E-state index contributed by atoms with van der Waals surface area (Å²) in [7, 11) is 0. The Bertz CT molecular complexity index is 274. The van der Waals surface area contributed by atoms with Crippen LogP contribution in [0.4, 0.5) is 5.82 Å². The molecule has 78 valence electrons. The van der Waals surface area contributed by atoms with Crippen molar-refractivity contribution in [3.05, 3.63) is 22.8 Å². The second-order valence-electron chi connectivity index (χ2n) is 4.60. The van der Waals surface area contributed by atoms with Crippen LogP contribution in [0.15, 0.2) is 22.8 Å². The fourth-order valence-electron chi connectivity index (χ4n) is 1.05. The lowest BCUT2D eigenvalue weighted by atomic mass is 9.92. The van der Waals surface area contributed by atoms with Crippen LogP contribution in [0.2, 0.25) is 0 Å². The van der Waals surface area contributed by atoms with Crippen LogP contribution in [0, 0.1) is 5.41 Å². The molecular weight excluding hydrogens is 240 g/mol. The summed E-state index contributed by atoms with van der Waals surface area (Å²) in [5, 5.41) is 3.30. The van der Waals surface area contributed by atoms with Gasteiger partial charge in [-0.3, -0.25) is 0 Å². The van der Waals surface area contributed by atoms with Crippen LogP contribution in [0.1, 0.15) is 27.2 Å². The summed E-state index contributed by atoms with van der Waals surface area (Å²) < 4.78 is 1.01. The number of halogens is 1. The van der Waals surface area contributed by atoms with Gasteiger partial charge in [-0.05, 0) is 39.9 Å². The van der Waals surface area contributed by atoms with Crippen molar-refractivity contribution in [1.29, 1.82) is 0 Å². The van der Waals surface area contributed by atoms with Crippen LogP contribution in [-0.4, -0.2) is 11.5 Å². The molecule has 14 heavy (non-hydrogen) atoms. The number of pyridine rings is 1. The van der Waals surface area contributed by atoms with Crippen molar-refractivity contribution in [3.63, 3.8) is 0 Å². The summed E-state index contributed by atoms with van der Waals surface area (Å²) in [6.07, 6.45) is 2.95. The summed E-state index contributed by atoms with van der Waals surface area (Å²) in [6, 6.07) is 3.97. The van der Waals surface area contributed by atoms with Crippen molar-refractivity contribution < 1.29 is 0 Å². The number of hydrogen-bond donors (Lipinski definition) is 1. The summed E-state index contributed by atoms with van der Waals surface area (Å²) in [5.74, 6) is 0.942. The topological polar surface area (TPSA) is 24.9 Å². The normalized spacial score (nSPS) is 11.4. The van der Waals surface area contributed by atoms with E-state index in [1.807, 2.05) is 12.1 Å². The van der Waals surface area contributed by atoms with E-state index < -0.39 is 0 Å². The largest absolute Gasteiger partial charge is 0.370 e. The average Bonchev–Trinajstić information content (AvgIpc) is 2.06. The molecule has 0 atom stereocenters. The van der Waals surface area contributed by atoms with E-state index in [2.05, 4.69) is 47.0 Å². The van der Waals surface area contributed by atoms with Gasteiger partial charge in [0, 0.05) is 17.2 Å². The van der Waals surface area contributed by atoms with E-state index in [4.69, 9.17) is 0 Å². The molecule has 0 aliphatic carbocycles. The number of rotatable bonds is 3. The first kappa shape index (κ1) is 11.5. The van der Waals surface area contributed by atoms with E-state index in [9.17, 15) is 0 Å². The zero-order valence-corrected chi connectivity index (χ0v) is 10.6. The van der Waals surface area contributed by atoms with Gasteiger partial charge >= 0.3 is 0 Å². The first-order chi connectivity index (χ1) is 6.47. The van der Waals surface area contributed by atoms with Gasteiger partial charge in [0.05, 0.1) is 0 Å². The molecule has 1 N–H and O–H groups in total. The minimum atomic E-state index is 0.377. The summed E-state index contributed by atoms with van der Waals surface area (Å²) in [6.45, 7) is 7.69. The third-order valence-electron chi connectivity index (χ3n) is 1.91. The molecule has 0 saturated heterocycles. The molecule has 1 rings (SSSR count). The van der Waals surface area contributed by atoms with Crippen LogP contribution in [0.3, 0.4) is 0 Å². The van der Waals surface area contributed by atoms with Crippen molar-refractivity contribution in [2.45, 2.75) is 27.2 Å². The van der Waals surface area contributed by atoms with E-state index in [1.165, 1.54) is 0 Å². The highest BCUT2D eigenvalue weighted by Gasteiger charge is 2.08. The maximum absolute atomic E-state index is 4.24. The van der Waals surface area contributed by atoms with Crippen LogP contribution in [0.25, 0.3) is 0 Å². The molecule has 3 heteroatoms. The molecule has 0 radical (unpaired) electrons. The third-order valence-corrected chi connectivity index (χ3v) is 2.38. The number of nitrogens with zero attached hydrogens (tertiary/aromatic N) is 1. The Hall–Kier alpha value is -0.570. The molecule has 0 aliphatic heterocycles. The molecule has 1 aromatic rings. The van der Waals surface area contributed by atoms with Gasteiger partial charge in [-0.15, -0.1) is 0 Å². The Morgan fingerprint density at radius 2 is 2.07 bits per heavy atom. The average molecular weight is 257 g/mol. The predicted octanol–water partition coefficient (Wildman–Crippen LogP) is 3.69. The Kier molecular flexibility index (Phi) is 3.93. The standard InChI is InChI=1S/C11H17BrN2/c1-11(2,3)6-7-13-10-5-4-9(12)8-14-10/h4-5,8H,6-7H2,1-3H3,(H,13,14). The lowest BCUT2D eigenvalue weighted by molar-refractivity contribution is 0.389. The molecule has 0 bridgehead atoms. The van der Waals surface area contributed by atoms with E-state index in [0.717, 1.165) is 23.3 Å². The van der Waals surface area contributed by atoms with Crippen LogP contribution in [-0.2, 0) is 0 Å². The smallest absolute Gasteiger partial charge is 0.125 e. The number of hydrogen-bond acceptors (Lipinski definition) is 2. The highest BCUT2D eigenvalue weighted by atomic mass is 79.9. The van der Waals surface area contributed by atoms with E-state index in [1.54, 1.807) is 6.20 Å². The van der Waals surface area contributed by atoms with Crippen molar-refractivity contribution in [1.82, 2.24) is 4.98 Å². The molecule has 0 spiro atoms. The lowest BCUT2D eigenvalue weighted by Gasteiger charge is -2.18. The zero-order valence-electron chi connectivity index (χ0n) is 8.97. The number of nitrogens with one attached hydrogen (secondary N) is 1. The van der Waals surface area contributed by atoms with Crippen LogP contribution < -0.4 is 5.32 Å². The summed E-state index contributed by atoms with van der Waals surface area (Å²) >= 11 is 3.36. The highest BCUT2D eigenvalue weighted by Crippen LogP contribution is 2.18. The third kappa shape index (κ3) is 4.61. The van der Waals surface area contributed by atoms with Crippen molar-refractivity contribution >= 4 is 21.7 Å². The zero-order chi connectivity index (χ0) is 10.6. The van der Waals surface area contributed by atoms with Gasteiger partial charge in [0.25, 0.3) is 0 Å². The predicted molar refractivity (Wildman–Crippen MR) is 64.5 cm³/mol. The SMILES string of the molecule is CC(C)(C)CCNc1ccc(Br)cn1. The number of aromatic nitrogens is 1. The Morgan fingerprint density at radius 3 is 2.57 bits per heavy atom. The molecular formula is C11H17BrN2. The molecule has 0 saturated carbocycles. The Labute approximate surface area is 94.3 Å². The monoisotopic (exact) mass is 256 g/mol. The molecule has 0 aromatic carbocycles. The van der Waals surface area contributed by atoms with E-state index in [-0.39, 0.29) is 0 Å². The van der Waals surface area contributed by atoms with Gasteiger partial charge in [0.1, 0.15) is 5.82 Å². The van der Waals surface area contributed by atoms with Gasteiger partial charge in [0.2, 0.25) is 0 Å². The summed E-state index contributed by atoms with van der Waals surface area (Å²) in [5.41, 5.74) is 0.377. The van der Waals surface area contributed by atoms with Gasteiger partial charge in [-0.1, -0.05) is 20.8 Å². The Morgan fingerprint density at radius 1 is 1.36 bits per heavy atom. The first-order valence-corrected chi connectivity index (χ1v) is 5.62.